The van der Waals surface area contributed by atoms with E-state index in [9.17, 15) is 13.2 Å². The van der Waals surface area contributed by atoms with Crippen molar-refractivity contribution in [3.8, 4) is 0 Å². The van der Waals surface area contributed by atoms with Crippen molar-refractivity contribution in [3.05, 3.63) is 75.1 Å². The Labute approximate surface area is 156 Å². The van der Waals surface area contributed by atoms with Gasteiger partial charge in [0.05, 0.1) is 10.0 Å². The van der Waals surface area contributed by atoms with Crippen molar-refractivity contribution in [3.63, 3.8) is 0 Å². The molecule has 0 atom stereocenters. The third-order valence-corrected chi connectivity index (χ3v) is 4.82. The summed E-state index contributed by atoms with van der Waals surface area (Å²) < 4.78 is 30.8. The Balaban J connectivity index is 1.82. The summed E-state index contributed by atoms with van der Waals surface area (Å²) in [6, 6.07) is 13.8. The van der Waals surface area contributed by atoms with Crippen molar-refractivity contribution >= 4 is 45.3 Å². The van der Waals surface area contributed by atoms with Gasteiger partial charge in [-0.25, -0.2) is 13.1 Å². The molecule has 0 saturated heterocycles. The Morgan fingerprint density at radius 3 is 2.48 bits per heavy atom. The lowest BCUT2D eigenvalue weighted by Crippen LogP contribution is -2.29. The van der Waals surface area contributed by atoms with Gasteiger partial charge in [0.2, 0.25) is 10.0 Å². The Bertz CT molecular complexity index is 867. The number of halogens is 2. The molecular weight excluding hydrogens is 385 g/mol. The predicted molar refractivity (Wildman–Crippen MR) is 98.7 cm³/mol. The van der Waals surface area contributed by atoms with Crippen LogP contribution in [0.15, 0.2) is 53.9 Å². The zero-order chi connectivity index (χ0) is 18.3. The molecule has 0 heterocycles. The summed E-state index contributed by atoms with van der Waals surface area (Å²) in [7, 11) is -3.74. The summed E-state index contributed by atoms with van der Waals surface area (Å²) in [4.78, 5) is 11.7. The van der Waals surface area contributed by atoms with Crippen molar-refractivity contribution in [2.75, 3.05) is 6.54 Å². The maximum atomic E-state index is 11.8. The Kier molecular flexibility index (Phi) is 7.01. The first-order chi connectivity index (χ1) is 11.9. The molecule has 0 radical (unpaired) electrons. The van der Waals surface area contributed by atoms with E-state index in [0.29, 0.717) is 15.6 Å². The fourth-order valence-electron chi connectivity index (χ4n) is 1.78. The fourth-order valence-corrected chi connectivity index (χ4v) is 2.86. The van der Waals surface area contributed by atoms with Gasteiger partial charge in [-0.15, -0.1) is 0 Å². The third kappa shape index (κ3) is 6.88. The van der Waals surface area contributed by atoms with Crippen LogP contribution in [0, 0.1) is 0 Å². The van der Waals surface area contributed by atoms with E-state index in [1.807, 2.05) is 6.07 Å². The average molecular weight is 400 g/mol. The SMILES string of the molecule is O=C(CNS(=O)(=O)C=Cc1ccccc1)OCc1ccc(Cl)c(Cl)c1. The van der Waals surface area contributed by atoms with Crippen LogP contribution >= 0.6 is 23.2 Å². The van der Waals surface area contributed by atoms with E-state index < -0.39 is 22.5 Å². The van der Waals surface area contributed by atoms with Gasteiger partial charge in [0.15, 0.2) is 0 Å². The zero-order valence-corrected chi connectivity index (χ0v) is 15.3. The summed E-state index contributed by atoms with van der Waals surface area (Å²) in [6.45, 7) is -0.500. The molecule has 0 aromatic heterocycles. The molecule has 0 bridgehead atoms. The summed E-state index contributed by atoms with van der Waals surface area (Å²) in [6.07, 6.45) is 1.43. The highest BCUT2D eigenvalue weighted by Crippen LogP contribution is 2.22. The summed E-state index contributed by atoms with van der Waals surface area (Å²) in [5.74, 6) is -0.706. The van der Waals surface area contributed by atoms with E-state index in [1.54, 1.807) is 42.5 Å². The first-order valence-corrected chi connectivity index (χ1v) is 9.48. The molecule has 0 spiro atoms. The molecule has 0 fully saturated rings. The van der Waals surface area contributed by atoms with Gasteiger partial charge >= 0.3 is 5.97 Å². The molecular formula is C17H15Cl2NO4S. The number of nitrogens with one attached hydrogen (secondary N) is 1. The minimum atomic E-state index is -3.74. The highest BCUT2D eigenvalue weighted by Gasteiger charge is 2.10. The minimum absolute atomic E-state index is 0.0305. The number of hydrogen-bond donors (Lipinski definition) is 1. The smallest absolute Gasteiger partial charge is 0.321 e. The van der Waals surface area contributed by atoms with Crippen LogP contribution in [0.2, 0.25) is 10.0 Å². The maximum Gasteiger partial charge on any atom is 0.321 e. The van der Waals surface area contributed by atoms with Crippen molar-refractivity contribution in [1.29, 1.82) is 0 Å². The Hall–Kier alpha value is -1.86. The van der Waals surface area contributed by atoms with Gasteiger partial charge in [0.25, 0.3) is 0 Å². The Morgan fingerprint density at radius 2 is 1.80 bits per heavy atom. The number of esters is 1. The van der Waals surface area contributed by atoms with Gasteiger partial charge < -0.3 is 4.74 Å². The van der Waals surface area contributed by atoms with Crippen LogP contribution in [-0.4, -0.2) is 20.9 Å². The number of carbonyl (C=O) groups excluding carboxylic acids is 1. The molecule has 2 aromatic carbocycles. The molecule has 2 rings (SSSR count). The average Bonchev–Trinajstić information content (AvgIpc) is 2.60. The van der Waals surface area contributed by atoms with Crippen molar-refractivity contribution in [2.45, 2.75) is 6.61 Å². The monoisotopic (exact) mass is 399 g/mol. The van der Waals surface area contributed by atoms with Gasteiger partial charge in [0, 0.05) is 5.41 Å². The molecule has 5 nitrogen and oxygen atoms in total. The van der Waals surface area contributed by atoms with Crippen LogP contribution in [0.4, 0.5) is 0 Å². The fraction of sp³-hybridized carbons (Fsp3) is 0.118. The largest absolute Gasteiger partial charge is 0.460 e. The lowest BCUT2D eigenvalue weighted by molar-refractivity contribution is -0.143. The third-order valence-electron chi connectivity index (χ3n) is 3.04. The van der Waals surface area contributed by atoms with Gasteiger partial charge in [-0.2, -0.15) is 0 Å². The highest BCUT2D eigenvalue weighted by molar-refractivity contribution is 7.92. The van der Waals surface area contributed by atoms with E-state index in [2.05, 4.69) is 4.72 Å². The van der Waals surface area contributed by atoms with E-state index in [1.165, 1.54) is 6.08 Å². The topological polar surface area (TPSA) is 72.5 Å². The second-order valence-electron chi connectivity index (χ2n) is 4.99. The Morgan fingerprint density at radius 1 is 1.08 bits per heavy atom. The van der Waals surface area contributed by atoms with Crippen LogP contribution in [0.5, 0.6) is 0 Å². The molecule has 2 aromatic rings. The van der Waals surface area contributed by atoms with Crippen molar-refractivity contribution in [1.82, 2.24) is 4.72 Å². The minimum Gasteiger partial charge on any atom is -0.460 e. The molecule has 1 N–H and O–H groups in total. The summed E-state index contributed by atoms with van der Waals surface area (Å²) in [5, 5.41) is 1.74. The molecule has 132 valence electrons. The first kappa shape index (κ1) is 19.5. The van der Waals surface area contributed by atoms with Crippen LogP contribution < -0.4 is 4.72 Å². The number of hydrogen-bond acceptors (Lipinski definition) is 4. The van der Waals surface area contributed by atoms with Crippen LogP contribution in [0.1, 0.15) is 11.1 Å². The number of sulfonamides is 1. The van der Waals surface area contributed by atoms with Crippen molar-refractivity contribution < 1.29 is 17.9 Å². The molecule has 8 heteroatoms. The second-order valence-corrected chi connectivity index (χ2v) is 7.45. The van der Waals surface area contributed by atoms with E-state index in [-0.39, 0.29) is 6.61 Å². The molecule has 0 aliphatic carbocycles. The van der Waals surface area contributed by atoms with Crippen LogP contribution in [-0.2, 0) is 26.2 Å². The second kappa shape index (κ2) is 9.01. The number of benzene rings is 2. The van der Waals surface area contributed by atoms with Gasteiger partial charge in [0.1, 0.15) is 13.2 Å². The van der Waals surface area contributed by atoms with E-state index >= 15 is 0 Å². The number of carbonyl (C=O) groups is 1. The van der Waals surface area contributed by atoms with Crippen LogP contribution in [0.3, 0.4) is 0 Å². The molecule has 0 unspecified atom stereocenters. The quantitative estimate of drug-likeness (QED) is 0.721. The van der Waals surface area contributed by atoms with Gasteiger partial charge in [-0.05, 0) is 29.3 Å². The zero-order valence-electron chi connectivity index (χ0n) is 13.0. The summed E-state index contributed by atoms with van der Waals surface area (Å²) in [5.41, 5.74) is 1.38. The molecule has 0 aliphatic rings. The van der Waals surface area contributed by atoms with Crippen LogP contribution in [0.25, 0.3) is 6.08 Å². The molecule has 0 saturated carbocycles. The van der Waals surface area contributed by atoms with E-state index in [4.69, 9.17) is 27.9 Å². The maximum absolute atomic E-state index is 11.8. The lowest BCUT2D eigenvalue weighted by atomic mass is 10.2. The lowest BCUT2D eigenvalue weighted by Gasteiger charge is -2.06. The van der Waals surface area contributed by atoms with Gasteiger partial charge in [-0.1, -0.05) is 59.6 Å². The highest BCUT2D eigenvalue weighted by atomic mass is 35.5. The van der Waals surface area contributed by atoms with E-state index in [0.717, 1.165) is 11.0 Å². The molecule has 0 aliphatic heterocycles. The molecule has 0 amide bonds. The number of rotatable bonds is 7. The standard InChI is InChI=1S/C17H15Cl2NO4S/c18-15-7-6-14(10-16(15)19)12-24-17(21)11-20-25(22,23)9-8-13-4-2-1-3-5-13/h1-10,20H,11-12H2. The normalized spacial score (nSPS) is 11.6. The number of ether oxygens (including phenoxy) is 1. The predicted octanol–water partition coefficient (Wildman–Crippen LogP) is 3.63. The first-order valence-electron chi connectivity index (χ1n) is 7.18. The molecule has 25 heavy (non-hydrogen) atoms. The summed E-state index contributed by atoms with van der Waals surface area (Å²) >= 11 is 11.7. The van der Waals surface area contributed by atoms with Crippen molar-refractivity contribution in [2.24, 2.45) is 0 Å². The van der Waals surface area contributed by atoms with Gasteiger partial charge in [-0.3, -0.25) is 4.79 Å².